The zero-order chi connectivity index (χ0) is 52.4. The lowest BCUT2D eigenvalue weighted by molar-refractivity contribution is -0.150. The summed E-state index contributed by atoms with van der Waals surface area (Å²) in [6.07, 6.45) is -2.73. The maximum atomic E-state index is 13.3. The number of fused-ring (bicyclic) bond motifs is 2. The van der Waals surface area contributed by atoms with Gasteiger partial charge in [0.05, 0.1) is 58.4 Å². The van der Waals surface area contributed by atoms with Gasteiger partial charge in [-0.3, -0.25) is 9.59 Å². The standard InChI is InChI=1S/2C27H28Cl2F3NO3/c2*1-4-35-26(34)16-5-7-19(8-6-16)36-24-10-9-22(28)21(25(24)29)14-18-13-20-15(2)11-17(27(30,31)32)12-23(20)33(18)3/h2*9-13,16,19H,4-8,14H2,1-3H3. The first-order valence-corrected chi connectivity index (χ1v) is 25.4. The van der Waals surface area contributed by atoms with Gasteiger partial charge >= 0.3 is 24.3 Å². The highest BCUT2D eigenvalue weighted by atomic mass is 35.5. The molecule has 2 heterocycles. The Kier molecular flexibility index (Phi) is 17.4. The molecule has 2 fully saturated rings. The van der Waals surface area contributed by atoms with Gasteiger partial charge in [0.1, 0.15) is 11.5 Å². The molecule has 0 bridgehead atoms. The number of hydrogen-bond donors (Lipinski definition) is 0. The van der Waals surface area contributed by atoms with E-state index in [4.69, 9.17) is 65.4 Å². The Bertz CT molecular complexity index is 2750. The van der Waals surface area contributed by atoms with Crippen LogP contribution < -0.4 is 9.47 Å². The predicted molar refractivity (Wildman–Crippen MR) is 270 cm³/mol. The van der Waals surface area contributed by atoms with Crippen molar-refractivity contribution in [3.05, 3.63) is 126 Å². The molecule has 2 saturated carbocycles. The van der Waals surface area contributed by atoms with E-state index in [1.54, 1.807) is 75.2 Å². The second-order valence-electron chi connectivity index (χ2n) is 18.6. The van der Waals surface area contributed by atoms with E-state index in [2.05, 4.69) is 0 Å². The summed E-state index contributed by atoms with van der Waals surface area (Å²) in [5, 5.41) is 3.17. The van der Waals surface area contributed by atoms with Gasteiger partial charge < -0.3 is 28.1 Å². The van der Waals surface area contributed by atoms with Crippen molar-refractivity contribution in [3.63, 3.8) is 0 Å². The minimum Gasteiger partial charge on any atom is -0.489 e. The molecule has 6 aromatic rings. The molecule has 0 unspecified atom stereocenters. The van der Waals surface area contributed by atoms with Crippen LogP contribution in [-0.4, -0.2) is 46.5 Å². The van der Waals surface area contributed by atoms with Crippen LogP contribution in [0.5, 0.6) is 11.5 Å². The molecule has 72 heavy (non-hydrogen) atoms. The summed E-state index contributed by atoms with van der Waals surface area (Å²) >= 11 is 26.5. The van der Waals surface area contributed by atoms with Crippen LogP contribution >= 0.6 is 46.4 Å². The third-order valence-electron chi connectivity index (χ3n) is 13.8. The summed E-state index contributed by atoms with van der Waals surface area (Å²) in [7, 11) is 3.48. The van der Waals surface area contributed by atoms with Crippen molar-refractivity contribution < 1.29 is 54.9 Å². The number of aromatic nitrogens is 2. The largest absolute Gasteiger partial charge is 0.489 e. The Morgan fingerprint density at radius 3 is 1.22 bits per heavy atom. The number of rotatable bonds is 12. The quantitative estimate of drug-likeness (QED) is 0.0897. The van der Waals surface area contributed by atoms with Gasteiger partial charge in [-0.15, -0.1) is 0 Å². The highest BCUT2D eigenvalue weighted by molar-refractivity contribution is 6.37. The lowest BCUT2D eigenvalue weighted by Gasteiger charge is -2.28. The number of alkyl halides is 6. The summed E-state index contributed by atoms with van der Waals surface area (Å²) in [5.74, 6) is 0.489. The topological polar surface area (TPSA) is 80.9 Å². The molecule has 388 valence electrons. The molecule has 4 aromatic carbocycles. The van der Waals surface area contributed by atoms with E-state index >= 15 is 0 Å². The molecule has 0 amide bonds. The maximum Gasteiger partial charge on any atom is 0.416 e. The highest BCUT2D eigenvalue weighted by Crippen LogP contribution is 2.42. The second-order valence-corrected chi connectivity index (χ2v) is 20.1. The summed E-state index contributed by atoms with van der Waals surface area (Å²) in [6.45, 7) is 7.69. The first kappa shape index (κ1) is 55.0. The van der Waals surface area contributed by atoms with Crippen molar-refractivity contribution in [3.8, 4) is 11.5 Å². The molecule has 0 aliphatic heterocycles. The number of nitrogens with zero attached hydrogens (tertiary/aromatic N) is 2. The van der Waals surface area contributed by atoms with Gasteiger partial charge in [-0.05, 0) is 162 Å². The van der Waals surface area contributed by atoms with Crippen molar-refractivity contribution in [2.45, 2.75) is 116 Å². The number of hydrogen-bond acceptors (Lipinski definition) is 6. The molecule has 2 aromatic heterocycles. The van der Waals surface area contributed by atoms with Gasteiger partial charge in [-0.1, -0.05) is 46.4 Å². The number of esters is 2. The van der Waals surface area contributed by atoms with Crippen LogP contribution in [0.15, 0.2) is 60.7 Å². The molecular weight excluding hydrogens is 1030 g/mol. The molecule has 0 radical (unpaired) electrons. The lowest BCUT2D eigenvalue weighted by atomic mass is 9.87. The Hall–Kier alpha value is -4.76. The second kappa shape index (κ2) is 22.8. The fraction of sp³-hybridized carbons (Fsp3) is 0.444. The van der Waals surface area contributed by atoms with Crippen molar-refractivity contribution in [2.75, 3.05) is 13.2 Å². The highest BCUT2D eigenvalue weighted by Gasteiger charge is 2.34. The first-order valence-electron chi connectivity index (χ1n) is 23.9. The van der Waals surface area contributed by atoms with Crippen LogP contribution in [0.4, 0.5) is 26.3 Å². The lowest BCUT2D eigenvalue weighted by Crippen LogP contribution is -2.29. The zero-order valence-corrected chi connectivity index (χ0v) is 43.7. The van der Waals surface area contributed by atoms with E-state index in [1.807, 2.05) is 12.1 Å². The summed E-state index contributed by atoms with van der Waals surface area (Å²) < 4.78 is 106. The number of aryl methyl sites for hydroxylation is 4. The third-order valence-corrected chi connectivity index (χ3v) is 15.3. The van der Waals surface area contributed by atoms with E-state index in [0.29, 0.717) is 142 Å². The summed E-state index contributed by atoms with van der Waals surface area (Å²) in [6, 6.07) is 15.3. The third kappa shape index (κ3) is 12.4. The van der Waals surface area contributed by atoms with Gasteiger partial charge in [-0.2, -0.15) is 26.3 Å². The molecule has 0 spiro atoms. The van der Waals surface area contributed by atoms with Crippen LogP contribution in [0.1, 0.15) is 110 Å². The van der Waals surface area contributed by atoms with Crippen LogP contribution in [0, 0.1) is 25.7 Å². The van der Waals surface area contributed by atoms with E-state index in [9.17, 15) is 35.9 Å². The summed E-state index contributed by atoms with van der Waals surface area (Å²) in [5.41, 5.74) is 3.60. The number of benzene rings is 4. The Morgan fingerprint density at radius 1 is 0.556 bits per heavy atom. The zero-order valence-electron chi connectivity index (χ0n) is 40.7. The van der Waals surface area contributed by atoms with Gasteiger partial charge in [-0.25, -0.2) is 0 Å². The molecule has 8 nitrogen and oxygen atoms in total. The minimum atomic E-state index is -4.42. The number of carbonyl (C=O) groups is 2. The van der Waals surface area contributed by atoms with Crippen molar-refractivity contribution in [2.24, 2.45) is 25.9 Å². The van der Waals surface area contributed by atoms with E-state index in [0.717, 1.165) is 34.3 Å². The van der Waals surface area contributed by atoms with Gasteiger partial charge in [0, 0.05) is 70.2 Å². The van der Waals surface area contributed by atoms with Gasteiger partial charge in [0.2, 0.25) is 0 Å². The van der Waals surface area contributed by atoms with E-state index < -0.39 is 23.5 Å². The van der Waals surface area contributed by atoms with Crippen LogP contribution in [-0.2, 0) is 58.4 Å². The van der Waals surface area contributed by atoms with Crippen molar-refractivity contribution >= 4 is 80.1 Å². The molecule has 18 heteroatoms. The fourth-order valence-electron chi connectivity index (χ4n) is 9.73. The first-order chi connectivity index (χ1) is 34.0. The normalized spacial score (nSPS) is 18.4. The van der Waals surface area contributed by atoms with Crippen molar-refractivity contribution in [1.29, 1.82) is 0 Å². The monoisotopic (exact) mass is 1080 g/mol. The smallest absolute Gasteiger partial charge is 0.416 e. The van der Waals surface area contributed by atoms with Crippen LogP contribution in [0.25, 0.3) is 21.8 Å². The predicted octanol–water partition coefficient (Wildman–Crippen LogP) is 15.8. The number of ether oxygens (including phenoxy) is 4. The SMILES string of the molecule is CCOC(=O)C1CCC(Oc2ccc(Cl)c(Cc3cc4c(C)cc(C(F)(F)F)cc4n3C)c2Cl)CC1.CCOC(=O)C1CCC(Oc2ccc(Cl)c(Cc3cc4c(C)cc(C(F)(F)F)cc4n3C)c2Cl)CC1. The molecule has 8 rings (SSSR count). The fourth-order valence-corrected chi connectivity index (χ4v) is 10.8. The molecule has 0 saturated heterocycles. The molecule has 0 N–H and O–H groups in total. The average molecular weight is 1080 g/mol. The van der Waals surface area contributed by atoms with Gasteiger partial charge in [0.15, 0.2) is 0 Å². The Balaban J connectivity index is 0.000000211. The number of halogens is 10. The van der Waals surface area contributed by atoms with Crippen LogP contribution in [0.3, 0.4) is 0 Å². The number of carbonyl (C=O) groups excluding carboxylic acids is 2. The minimum absolute atomic E-state index is 0.0803. The Labute approximate surface area is 434 Å². The maximum absolute atomic E-state index is 13.3. The van der Waals surface area contributed by atoms with Crippen molar-refractivity contribution in [1.82, 2.24) is 9.13 Å². The summed E-state index contributed by atoms with van der Waals surface area (Å²) in [4.78, 5) is 24.0. The van der Waals surface area contributed by atoms with E-state index in [-0.39, 0.29) is 36.0 Å². The molecular formula is C54H56Cl4F6N2O6. The van der Waals surface area contributed by atoms with Gasteiger partial charge in [0.25, 0.3) is 0 Å². The Morgan fingerprint density at radius 2 is 0.903 bits per heavy atom. The average Bonchev–Trinajstić information content (AvgIpc) is 3.83. The molecule has 2 aliphatic carbocycles. The molecule has 2 aliphatic rings. The van der Waals surface area contributed by atoms with Crippen LogP contribution in [0.2, 0.25) is 20.1 Å². The van der Waals surface area contributed by atoms with E-state index in [1.165, 1.54) is 12.1 Å². The molecule has 0 atom stereocenters.